The maximum absolute atomic E-state index is 2.75. The minimum absolute atomic E-state index is 0.601. The molecule has 2 aromatic rings. The molecule has 2 bridgehead atoms. The van der Waals surface area contributed by atoms with E-state index in [0.29, 0.717) is 12.1 Å². The van der Waals surface area contributed by atoms with Gasteiger partial charge in [0.25, 0.3) is 0 Å². The van der Waals surface area contributed by atoms with Crippen LogP contribution >= 0.6 is 0 Å². The van der Waals surface area contributed by atoms with Gasteiger partial charge in [0.2, 0.25) is 0 Å². The first-order valence-electron chi connectivity index (χ1n) is 9.70. The summed E-state index contributed by atoms with van der Waals surface area (Å²) in [7, 11) is 0. The first-order valence-corrected chi connectivity index (χ1v) is 9.70. The lowest BCUT2D eigenvalue weighted by atomic mass is 9.81. The van der Waals surface area contributed by atoms with Crippen molar-refractivity contribution in [2.75, 3.05) is 0 Å². The van der Waals surface area contributed by atoms with Gasteiger partial charge in [0.05, 0.1) is 0 Å². The van der Waals surface area contributed by atoms with Crippen LogP contribution in [-0.4, -0.2) is 17.0 Å². The Morgan fingerprint density at radius 1 is 0.920 bits per heavy atom. The molecule has 0 radical (unpaired) electrons. The fourth-order valence-corrected chi connectivity index (χ4v) is 4.66. The van der Waals surface area contributed by atoms with E-state index >= 15 is 0 Å². The normalized spacial score (nSPS) is 23.4. The molecule has 4 rings (SSSR count). The molecule has 1 fully saturated rings. The minimum Gasteiger partial charge on any atom is -0.289 e. The molecule has 25 heavy (non-hydrogen) atoms. The van der Waals surface area contributed by atoms with Crippen LogP contribution in [0.1, 0.15) is 53.5 Å². The van der Waals surface area contributed by atoms with E-state index in [1.165, 1.54) is 53.5 Å². The molecule has 0 N–H and O–H groups in total. The second-order valence-electron chi connectivity index (χ2n) is 7.96. The van der Waals surface area contributed by atoms with Gasteiger partial charge in [0.15, 0.2) is 0 Å². The Bertz CT molecular complexity index is 787. The van der Waals surface area contributed by atoms with E-state index in [2.05, 4.69) is 74.2 Å². The molecular weight excluding hydrogens is 302 g/mol. The number of aryl methyl sites for hydroxylation is 3. The number of hydrogen-bond donors (Lipinski definition) is 0. The minimum atomic E-state index is 0.601. The van der Waals surface area contributed by atoms with Crippen LogP contribution in [0.5, 0.6) is 0 Å². The number of piperidine rings is 1. The maximum Gasteiger partial charge on any atom is 0.0290 e. The molecule has 2 atom stereocenters. The number of fused-ring (bicyclic) bond motifs is 2. The SMILES string of the molecule is Cc1cc(C)c(C2=CC3CCCC(C2)N3Cc2ccccc2)cc1C. The van der Waals surface area contributed by atoms with Gasteiger partial charge in [0.1, 0.15) is 0 Å². The summed E-state index contributed by atoms with van der Waals surface area (Å²) in [5.74, 6) is 0. The molecule has 0 aliphatic carbocycles. The molecule has 1 saturated heterocycles. The second-order valence-corrected chi connectivity index (χ2v) is 7.96. The monoisotopic (exact) mass is 331 g/mol. The standard InChI is InChI=1S/C24H29N/c1-17-12-19(3)24(13-18(17)2)21-14-22-10-7-11-23(15-21)25(22)16-20-8-5-4-6-9-20/h4-6,8-9,12-14,22-23H,7,10-11,15-16H2,1-3H3. The van der Waals surface area contributed by atoms with E-state index in [-0.39, 0.29) is 0 Å². The summed E-state index contributed by atoms with van der Waals surface area (Å²) in [6.07, 6.45) is 7.79. The van der Waals surface area contributed by atoms with Gasteiger partial charge >= 0.3 is 0 Å². The fourth-order valence-electron chi connectivity index (χ4n) is 4.66. The Morgan fingerprint density at radius 2 is 1.68 bits per heavy atom. The zero-order chi connectivity index (χ0) is 17.4. The van der Waals surface area contributed by atoms with Gasteiger partial charge in [-0.2, -0.15) is 0 Å². The Balaban J connectivity index is 1.64. The van der Waals surface area contributed by atoms with Crippen LogP contribution in [0.2, 0.25) is 0 Å². The molecule has 130 valence electrons. The van der Waals surface area contributed by atoms with Crippen molar-refractivity contribution < 1.29 is 0 Å². The smallest absolute Gasteiger partial charge is 0.0290 e. The fraction of sp³-hybridized carbons (Fsp3) is 0.417. The van der Waals surface area contributed by atoms with Crippen molar-refractivity contribution in [3.63, 3.8) is 0 Å². The summed E-state index contributed by atoms with van der Waals surface area (Å²) in [6, 6.07) is 17.0. The van der Waals surface area contributed by atoms with Gasteiger partial charge in [-0.3, -0.25) is 4.90 Å². The first-order chi connectivity index (χ1) is 12.1. The average Bonchev–Trinajstić information content (AvgIpc) is 2.59. The lowest BCUT2D eigenvalue weighted by molar-refractivity contribution is 0.0951. The van der Waals surface area contributed by atoms with E-state index in [1.807, 2.05) is 0 Å². The molecule has 1 heteroatoms. The number of benzene rings is 2. The molecule has 2 aliphatic rings. The highest BCUT2D eigenvalue weighted by Gasteiger charge is 2.34. The van der Waals surface area contributed by atoms with Crippen molar-refractivity contribution in [3.8, 4) is 0 Å². The summed E-state index contributed by atoms with van der Waals surface area (Å²) >= 11 is 0. The van der Waals surface area contributed by atoms with Gasteiger partial charge in [-0.25, -0.2) is 0 Å². The highest BCUT2D eigenvalue weighted by atomic mass is 15.2. The van der Waals surface area contributed by atoms with Crippen LogP contribution < -0.4 is 0 Å². The van der Waals surface area contributed by atoms with Crippen LogP contribution in [0.25, 0.3) is 5.57 Å². The zero-order valence-electron chi connectivity index (χ0n) is 15.8. The van der Waals surface area contributed by atoms with Crippen LogP contribution in [-0.2, 0) is 6.54 Å². The van der Waals surface area contributed by atoms with Crippen molar-refractivity contribution in [3.05, 3.63) is 76.4 Å². The molecule has 2 heterocycles. The van der Waals surface area contributed by atoms with Crippen LogP contribution in [0.15, 0.2) is 48.5 Å². The third kappa shape index (κ3) is 3.30. The van der Waals surface area contributed by atoms with Crippen molar-refractivity contribution >= 4 is 5.57 Å². The predicted molar refractivity (Wildman–Crippen MR) is 107 cm³/mol. The van der Waals surface area contributed by atoms with Crippen LogP contribution in [0, 0.1) is 20.8 Å². The number of hydrogen-bond acceptors (Lipinski definition) is 1. The first kappa shape index (κ1) is 16.6. The number of rotatable bonds is 3. The molecule has 2 unspecified atom stereocenters. The summed E-state index contributed by atoms with van der Waals surface area (Å²) in [6.45, 7) is 7.82. The lowest BCUT2D eigenvalue weighted by Crippen LogP contribution is -2.47. The third-order valence-corrected chi connectivity index (χ3v) is 6.18. The Labute approximate surface area is 152 Å². The molecule has 0 saturated carbocycles. The third-order valence-electron chi connectivity index (χ3n) is 6.18. The molecule has 0 spiro atoms. The zero-order valence-corrected chi connectivity index (χ0v) is 15.8. The van der Waals surface area contributed by atoms with E-state index in [1.54, 1.807) is 5.57 Å². The van der Waals surface area contributed by atoms with E-state index < -0.39 is 0 Å². The van der Waals surface area contributed by atoms with Gasteiger partial charge in [-0.05, 0) is 73.4 Å². The van der Waals surface area contributed by atoms with Gasteiger partial charge in [-0.15, -0.1) is 0 Å². The largest absolute Gasteiger partial charge is 0.289 e. The van der Waals surface area contributed by atoms with Crippen LogP contribution in [0.4, 0.5) is 0 Å². The van der Waals surface area contributed by atoms with Crippen LogP contribution in [0.3, 0.4) is 0 Å². The quantitative estimate of drug-likeness (QED) is 0.685. The molecule has 1 nitrogen and oxygen atoms in total. The second kappa shape index (κ2) is 6.80. The predicted octanol–water partition coefficient (Wildman–Crippen LogP) is 5.82. The molecular formula is C24H29N. The topological polar surface area (TPSA) is 3.24 Å². The van der Waals surface area contributed by atoms with E-state index in [0.717, 1.165) is 6.54 Å². The number of nitrogens with zero attached hydrogens (tertiary/aromatic N) is 1. The summed E-state index contributed by atoms with van der Waals surface area (Å²) in [5.41, 5.74) is 8.77. The molecule has 2 aromatic carbocycles. The summed E-state index contributed by atoms with van der Waals surface area (Å²) < 4.78 is 0. The van der Waals surface area contributed by atoms with E-state index in [9.17, 15) is 0 Å². The molecule has 2 aliphatic heterocycles. The summed E-state index contributed by atoms with van der Waals surface area (Å²) in [4.78, 5) is 2.75. The van der Waals surface area contributed by atoms with Crippen molar-refractivity contribution in [1.82, 2.24) is 4.90 Å². The maximum atomic E-state index is 2.75. The van der Waals surface area contributed by atoms with Gasteiger partial charge < -0.3 is 0 Å². The Kier molecular flexibility index (Phi) is 4.52. The molecule has 0 amide bonds. The van der Waals surface area contributed by atoms with E-state index in [4.69, 9.17) is 0 Å². The van der Waals surface area contributed by atoms with Gasteiger partial charge in [-0.1, -0.05) is 55.0 Å². The van der Waals surface area contributed by atoms with Gasteiger partial charge in [0, 0.05) is 18.6 Å². The van der Waals surface area contributed by atoms with Crippen molar-refractivity contribution in [1.29, 1.82) is 0 Å². The van der Waals surface area contributed by atoms with Crippen molar-refractivity contribution in [2.45, 2.75) is 65.1 Å². The average molecular weight is 332 g/mol. The Hall–Kier alpha value is -1.86. The summed E-state index contributed by atoms with van der Waals surface area (Å²) in [5, 5.41) is 0. The highest BCUT2D eigenvalue weighted by molar-refractivity contribution is 5.71. The highest BCUT2D eigenvalue weighted by Crippen LogP contribution is 2.39. The lowest BCUT2D eigenvalue weighted by Gasteiger charge is -2.45. The van der Waals surface area contributed by atoms with Crippen molar-refractivity contribution in [2.24, 2.45) is 0 Å². The Morgan fingerprint density at radius 3 is 2.44 bits per heavy atom. The molecule has 0 aromatic heterocycles.